The van der Waals surface area contributed by atoms with Crippen LogP contribution in [0.25, 0.3) is 22.2 Å². The molecule has 0 spiro atoms. The van der Waals surface area contributed by atoms with Gasteiger partial charge in [0.2, 0.25) is 0 Å². The molecule has 120 valence electrons. The highest BCUT2D eigenvalue weighted by Crippen LogP contribution is 2.34. The summed E-state index contributed by atoms with van der Waals surface area (Å²) in [6.45, 7) is 0. The van der Waals surface area contributed by atoms with Crippen molar-refractivity contribution in [2.24, 2.45) is 12.0 Å². The van der Waals surface area contributed by atoms with Gasteiger partial charge in [0.05, 0.1) is 35.0 Å². The Morgan fingerprint density at radius 1 is 1.29 bits per heavy atom. The lowest BCUT2D eigenvalue weighted by atomic mass is 10.1. The fourth-order valence-electron chi connectivity index (χ4n) is 2.67. The Hall–Kier alpha value is -2.84. The first kappa shape index (κ1) is 16.0. The standard InChI is InChI=1S/C18H16ClN5/c1-23(2)11-22-14-6-12(9-21-10-14)18-16(8-20)15-5-4-13(19)7-17(15)24(18)3/h4-7,9-11H,1-3H3. The third kappa shape index (κ3) is 2.84. The van der Waals surface area contributed by atoms with E-state index in [0.29, 0.717) is 10.6 Å². The summed E-state index contributed by atoms with van der Waals surface area (Å²) in [6, 6.07) is 9.77. The van der Waals surface area contributed by atoms with Crippen molar-refractivity contribution in [2.75, 3.05) is 14.1 Å². The van der Waals surface area contributed by atoms with Crippen LogP contribution in [0.4, 0.5) is 5.69 Å². The smallest absolute Gasteiger partial charge is 0.102 e. The summed E-state index contributed by atoms with van der Waals surface area (Å²) in [7, 11) is 5.73. The van der Waals surface area contributed by atoms with Crippen LogP contribution in [0.3, 0.4) is 0 Å². The molecule has 0 saturated carbocycles. The van der Waals surface area contributed by atoms with Gasteiger partial charge in [-0.05, 0) is 24.3 Å². The zero-order chi connectivity index (χ0) is 17.3. The summed E-state index contributed by atoms with van der Waals surface area (Å²) in [5.74, 6) is 0. The lowest BCUT2D eigenvalue weighted by molar-refractivity contribution is 0.643. The predicted octanol–water partition coefficient (Wildman–Crippen LogP) is 3.99. The van der Waals surface area contributed by atoms with Crippen LogP contribution >= 0.6 is 11.6 Å². The third-order valence-electron chi connectivity index (χ3n) is 3.71. The van der Waals surface area contributed by atoms with E-state index in [1.165, 1.54) is 0 Å². The van der Waals surface area contributed by atoms with Gasteiger partial charge in [-0.15, -0.1) is 0 Å². The van der Waals surface area contributed by atoms with E-state index < -0.39 is 0 Å². The molecule has 0 amide bonds. The molecule has 2 heterocycles. The lowest BCUT2D eigenvalue weighted by Crippen LogP contribution is -2.06. The zero-order valence-electron chi connectivity index (χ0n) is 13.7. The number of aromatic nitrogens is 2. The maximum Gasteiger partial charge on any atom is 0.102 e. The Balaban J connectivity index is 2.21. The molecule has 0 unspecified atom stereocenters. The normalized spacial score (nSPS) is 11.1. The van der Waals surface area contributed by atoms with E-state index in [2.05, 4.69) is 16.0 Å². The second-order valence-electron chi connectivity index (χ2n) is 5.70. The van der Waals surface area contributed by atoms with E-state index in [9.17, 15) is 5.26 Å². The van der Waals surface area contributed by atoms with Crippen molar-refractivity contribution in [1.29, 1.82) is 5.26 Å². The molecule has 0 fully saturated rings. The van der Waals surface area contributed by atoms with Gasteiger partial charge in [-0.1, -0.05) is 11.6 Å². The molecule has 3 aromatic rings. The quantitative estimate of drug-likeness (QED) is 0.536. The fourth-order valence-corrected chi connectivity index (χ4v) is 2.84. The van der Waals surface area contributed by atoms with Gasteiger partial charge < -0.3 is 9.47 Å². The van der Waals surface area contributed by atoms with Crippen LogP contribution in [0.2, 0.25) is 5.02 Å². The highest BCUT2D eigenvalue weighted by atomic mass is 35.5. The van der Waals surface area contributed by atoms with Crippen LogP contribution < -0.4 is 0 Å². The van der Waals surface area contributed by atoms with Crippen molar-refractivity contribution in [3.8, 4) is 17.3 Å². The average Bonchev–Trinajstić information content (AvgIpc) is 2.85. The summed E-state index contributed by atoms with van der Waals surface area (Å²) >= 11 is 6.11. The maximum absolute atomic E-state index is 9.65. The van der Waals surface area contributed by atoms with E-state index in [1.54, 1.807) is 24.8 Å². The molecule has 0 bridgehead atoms. The molecule has 0 aliphatic heterocycles. The van der Waals surface area contributed by atoms with Crippen molar-refractivity contribution in [3.05, 3.63) is 47.2 Å². The number of fused-ring (bicyclic) bond motifs is 1. The van der Waals surface area contributed by atoms with Crippen LogP contribution in [-0.4, -0.2) is 34.9 Å². The van der Waals surface area contributed by atoms with Gasteiger partial charge in [0.15, 0.2) is 0 Å². The number of rotatable bonds is 3. The molecule has 0 aliphatic carbocycles. The minimum atomic E-state index is 0.611. The van der Waals surface area contributed by atoms with Crippen molar-refractivity contribution in [1.82, 2.24) is 14.5 Å². The van der Waals surface area contributed by atoms with Crippen LogP contribution in [-0.2, 0) is 7.05 Å². The monoisotopic (exact) mass is 337 g/mol. The number of hydrogen-bond acceptors (Lipinski definition) is 3. The van der Waals surface area contributed by atoms with Crippen LogP contribution in [0.5, 0.6) is 0 Å². The molecule has 6 heteroatoms. The number of pyridine rings is 1. The molecule has 0 atom stereocenters. The molecule has 0 saturated heterocycles. The Labute approximate surface area is 145 Å². The first-order valence-electron chi connectivity index (χ1n) is 7.35. The predicted molar refractivity (Wildman–Crippen MR) is 97.7 cm³/mol. The van der Waals surface area contributed by atoms with E-state index in [-0.39, 0.29) is 0 Å². The van der Waals surface area contributed by atoms with Crippen LogP contribution in [0.1, 0.15) is 5.56 Å². The molecule has 24 heavy (non-hydrogen) atoms. The second-order valence-corrected chi connectivity index (χ2v) is 6.13. The summed E-state index contributed by atoms with van der Waals surface area (Å²) in [6.07, 6.45) is 5.15. The maximum atomic E-state index is 9.65. The van der Waals surface area contributed by atoms with Crippen molar-refractivity contribution in [2.45, 2.75) is 0 Å². The van der Waals surface area contributed by atoms with E-state index in [0.717, 1.165) is 27.8 Å². The van der Waals surface area contributed by atoms with Crippen molar-refractivity contribution in [3.63, 3.8) is 0 Å². The molecule has 0 N–H and O–H groups in total. The summed E-state index contributed by atoms with van der Waals surface area (Å²) in [5.41, 5.74) is 3.91. The second kappa shape index (κ2) is 6.34. The van der Waals surface area contributed by atoms with Gasteiger partial charge in [0.25, 0.3) is 0 Å². The highest BCUT2D eigenvalue weighted by molar-refractivity contribution is 6.31. The Morgan fingerprint density at radius 3 is 2.79 bits per heavy atom. The Morgan fingerprint density at radius 2 is 2.08 bits per heavy atom. The number of nitrogens with zero attached hydrogens (tertiary/aromatic N) is 5. The van der Waals surface area contributed by atoms with Gasteiger partial charge in [-0.25, -0.2) is 4.99 Å². The zero-order valence-corrected chi connectivity index (χ0v) is 14.4. The third-order valence-corrected chi connectivity index (χ3v) is 3.94. The van der Waals surface area contributed by atoms with Gasteiger partial charge in [-0.3, -0.25) is 4.98 Å². The molecule has 0 radical (unpaired) electrons. The van der Waals surface area contributed by atoms with Gasteiger partial charge in [0.1, 0.15) is 6.07 Å². The van der Waals surface area contributed by atoms with Crippen LogP contribution in [0, 0.1) is 11.3 Å². The number of aliphatic imine (C=N–C) groups is 1. The topological polar surface area (TPSA) is 57.2 Å². The molecular formula is C18H16ClN5. The van der Waals surface area contributed by atoms with E-state index >= 15 is 0 Å². The average molecular weight is 338 g/mol. The minimum Gasteiger partial charge on any atom is -0.369 e. The molecule has 1 aromatic carbocycles. The lowest BCUT2D eigenvalue weighted by Gasteiger charge is -2.06. The van der Waals surface area contributed by atoms with Gasteiger partial charge >= 0.3 is 0 Å². The summed E-state index contributed by atoms with van der Waals surface area (Å²) < 4.78 is 1.97. The molecule has 5 nitrogen and oxygen atoms in total. The van der Waals surface area contributed by atoms with E-state index in [4.69, 9.17) is 11.6 Å². The van der Waals surface area contributed by atoms with Crippen LogP contribution in [0.15, 0.2) is 41.7 Å². The Bertz CT molecular complexity index is 979. The molecule has 0 aliphatic rings. The summed E-state index contributed by atoms with van der Waals surface area (Å²) in [5, 5.41) is 11.2. The van der Waals surface area contributed by atoms with Crippen molar-refractivity contribution < 1.29 is 0 Å². The van der Waals surface area contributed by atoms with E-state index in [1.807, 2.05) is 48.8 Å². The molecule has 3 rings (SSSR count). The molecule has 2 aromatic heterocycles. The van der Waals surface area contributed by atoms with Gasteiger partial charge in [0, 0.05) is 43.3 Å². The SMILES string of the molecule is CN(C)C=Nc1cncc(-c2c(C#N)c3ccc(Cl)cc3n2C)c1. The number of benzene rings is 1. The van der Waals surface area contributed by atoms with Crippen molar-refractivity contribution >= 4 is 34.5 Å². The minimum absolute atomic E-state index is 0.611. The number of hydrogen-bond donors (Lipinski definition) is 0. The first-order valence-corrected chi connectivity index (χ1v) is 7.73. The Kier molecular flexibility index (Phi) is 4.24. The highest BCUT2D eigenvalue weighted by Gasteiger charge is 2.17. The number of halogens is 1. The van der Waals surface area contributed by atoms with Gasteiger partial charge in [-0.2, -0.15) is 5.26 Å². The molecular weight excluding hydrogens is 322 g/mol. The number of nitriles is 1. The summed E-state index contributed by atoms with van der Waals surface area (Å²) in [4.78, 5) is 10.5. The largest absolute Gasteiger partial charge is 0.369 e. The fraction of sp³-hybridized carbons (Fsp3) is 0.167. The first-order chi connectivity index (χ1) is 11.5. The number of aryl methyl sites for hydroxylation is 1.